The van der Waals surface area contributed by atoms with Crippen LogP contribution < -0.4 is 24.8 Å². The summed E-state index contributed by atoms with van der Waals surface area (Å²) in [7, 11) is 3.10. The molecule has 33 heavy (non-hydrogen) atoms. The van der Waals surface area contributed by atoms with E-state index in [1.165, 1.54) is 18.4 Å². The Balaban J connectivity index is 1.37. The number of ether oxygens (including phenoxy) is 3. The number of hydrogen-bond donors (Lipinski definition) is 2. The number of rotatable bonds is 9. The third kappa shape index (κ3) is 5.61. The monoisotopic (exact) mass is 467 g/mol. The van der Waals surface area contributed by atoms with Crippen molar-refractivity contribution in [2.24, 2.45) is 0 Å². The maximum atomic E-state index is 12.7. The standard InChI is InChI=1S/C24H25N3O5S/c1-30-18-9-6-15(7-10-18)19-14-33-24(26-19)27-23(29)16-8-11-20(21(12-16)31-2)32-13-22(28)25-17-4-3-5-17/h6-12,14,17H,3-5,13H2,1-2H3,(H,25,28)(H,26,27,29). The number of thiazole rings is 1. The second-order valence-corrected chi connectivity index (χ2v) is 8.43. The Bertz CT molecular complexity index is 1130. The van der Waals surface area contributed by atoms with Gasteiger partial charge in [-0.3, -0.25) is 14.9 Å². The van der Waals surface area contributed by atoms with Crippen molar-refractivity contribution in [3.63, 3.8) is 0 Å². The topological polar surface area (TPSA) is 98.8 Å². The molecule has 0 aliphatic heterocycles. The zero-order valence-corrected chi connectivity index (χ0v) is 19.2. The van der Waals surface area contributed by atoms with Crippen molar-refractivity contribution in [3.05, 3.63) is 53.4 Å². The van der Waals surface area contributed by atoms with Crippen LogP contribution in [0.4, 0.5) is 5.13 Å². The lowest BCUT2D eigenvalue weighted by molar-refractivity contribution is -0.124. The molecule has 0 atom stereocenters. The molecule has 1 aliphatic carbocycles. The number of nitrogens with zero attached hydrogens (tertiary/aromatic N) is 1. The minimum absolute atomic E-state index is 0.106. The van der Waals surface area contributed by atoms with Crippen LogP contribution in [0.1, 0.15) is 29.6 Å². The summed E-state index contributed by atoms with van der Waals surface area (Å²) >= 11 is 1.34. The van der Waals surface area contributed by atoms with Gasteiger partial charge >= 0.3 is 0 Å². The van der Waals surface area contributed by atoms with Gasteiger partial charge < -0.3 is 19.5 Å². The smallest absolute Gasteiger partial charge is 0.258 e. The van der Waals surface area contributed by atoms with Crippen LogP contribution in [-0.2, 0) is 4.79 Å². The largest absolute Gasteiger partial charge is 0.497 e. The molecule has 0 unspecified atom stereocenters. The first-order valence-corrected chi connectivity index (χ1v) is 11.4. The third-order valence-corrected chi connectivity index (χ3v) is 6.12. The van der Waals surface area contributed by atoms with E-state index in [1.807, 2.05) is 29.6 Å². The maximum absolute atomic E-state index is 12.7. The Kier molecular flexibility index (Phi) is 7.09. The van der Waals surface area contributed by atoms with Crippen molar-refractivity contribution in [1.82, 2.24) is 10.3 Å². The van der Waals surface area contributed by atoms with Crippen molar-refractivity contribution in [1.29, 1.82) is 0 Å². The molecule has 0 saturated heterocycles. The summed E-state index contributed by atoms with van der Waals surface area (Å²) in [6.07, 6.45) is 3.17. The van der Waals surface area contributed by atoms with Crippen molar-refractivity contribution in [2.45, 2.75) is 25.3 Å². The molecule has 4 rings (SSSR count). The van der Waals surface area contributed by atoms with E-state index in [1.54, 1.807) is 25.3 Å². The Labute approximate surface area is 195 Å². The van der Waals surface area contributed by atoms with Crippen LogP contribution in [0.15, 0.2) is 47.8 Å². The van der Waals surface area contributed by atoms with Crippen LogP contribution in [0.2, 0.25) is 0 Å². The summed E-state index contributed by atoms with van der Waals surface area (Å²) in [5.41, 5.74) is 2.08. The van der Waals surface area contributed by atoms with E-state index >= 15 is 0 Å². The average molecular weight is 468 g/mol. The van der Waals surface area contributed by atoms with Gasteiger partial charge in [-0.1, -0.05) is 0 Å². The molecule has 0 radical (unpaired) electrons. The van der Waals surface area contributed by atoms with Gasteiger partial charge in [0.15, 0.2) is 23.2 Å². The molecule has 1 heterocycles. The second-order valence-electron chi connectivity index (χ2n) is 7.57. The molecule has 8 nitrogen and oxygen atoms in total. The highest BCUT2D eigenvalue weighted by molar-refractivity contribution is 7.14. The van der Waals surface area contributed by atoms with Gasteiger partial charge in [0.05, 0.1) is 19.9 Å². The predicted octanol–water partition coefficient (Wildman–Crippen LogP) is 4.13. The number of carbonyl (C=O) groups is 2. The van der Waals surface area contributed by atoms with Crippen molar-refractivity contribution in [2.75, 3.05) is 26.1 Å². The van der Waals surface area contributed by atoms with Gasteiger partial charge in [-0.2, -0.15) is 0 Å². The zero-order valence-electron chi connectivity index (χ0n) is 18.4. The minimum Gasteiger partial charge on any atom is -0.497 e. The molecule has 1 aliphatic rings. The van der Waals surface area contributed by atoms with E-state index < -0.39 is 0 Å². The Morgan fingerprint density at radius 1 is 1.06 bits per heavy atom. The van der Waals surface area contributed by atoms with Crippen LogP contribution in [0.3, 0.4) is 0 Å². The van der Waals surface area contributed by atoms with E-state index in [0.29, 0.717) is 22.2 Å². The SMILES string of the molecule is COc1ccc(-c2csc(NC(=O)c3ccc(OCC(=O)NC4CCC4)c(OC)c3)n2)cc1. The minimum atomic E-state index is -0.321. The molecule has 1 saturated carbocycles. The molecule has 1 fully saturated rings. The Morgan fingerprint density at radius 2 is 1.85 bits per heavy atom. The first kappa shape index (κ1) is 22.6. The summed E-state index contributed by atoms with van der Waals surface area (Å²) in [4.78, 5) is 29.2. The van der Waals surface area contributed by atoms with Gasteiger partial charge in [-0.15, -0.1) is 11.3 Å². The predicted molar refractivity (Wildman–Crippen MR) is 126 cm³/mol. The molecule has 2 N–H and O–H groups in total. The summed E-state index contributed by atoms with van der Waals surface area (Å²) < 4.78 is 16.1. The van der Waals surface area contributed by atoms with E-state index in [-0.39, 0.29) is 24.5 Å². The highest BCUT2D eigenvalue weighted by Crippen LogP contribution is 2.30. The van der Waals surface area contributed by atoms with E-state index in [0.717, 1.165) is 36.3 Å². The fourth-order valence-electron chi connectivity index (χ4n) is 3.29. The zero-order chi connectivity index (χ0) is 23.2. The first-order chi connectivity index (χ1) is 16.1. The summed E-state index contributed by atoms with van der Waals surface area (Å²) in [5.74, 6) is 1.05. The quantitative estimate of drug-likeness (QED) is 0.491. The van der Waals surface area contributed by atoms with Gasteiger partial charge in [0.1, 0.15) is 5.75 Å². The van der Waals surface area contributed by atoms with Crippen molar-refractivity contribution in [3.8, 4) is 28.5 Å². The molecule has 2 aromatic carbocycles. The number of anilines is 1. The summed E-state index contributed by atoms with van der Waals surface area (Å²) in [6.45, 7) is -0.106. The fourth-order valence-corrected chi connectivity index (χ4v) is 4.00. The number of carbonyl (C=O) groups excluding carboxylic acids is 2. The molecule has 9 heteroatoms. The van der Waals surface area contributed by atoms with Crippen molar-refractivity contribution < 1.29 is 23.8 Å². The Hall–Kier alpha value is -3.59. The van der Waals surface area contributed by atoms with Gasteiger partial charge in [-0.05, 0) is 61.7 Å². The molecule has 0 spiro atoms. The molecule has 1 aromatic heterocycles. The van der Waals surface area contributed by atoms with Gasteiger partial charge in [0, 0.05) is 22.5 Å². The van der Waals surface area contributed by atoms with Crippen LogP contribution in [0, 0.1) is 0 Å². The summed E-state index contributed by atoms with van der Waals surface area (Å²) in [5, 5.41) is 8.09. The lowest BCUT2D eigenvalue weighted by atomic mass is 9.93. The number of hydrogen-bond acceptors (Lipinski definition) is 7. The van der Waals surface area contributed by atoms with E-state index in [4.69, 9.17) is 14.2 Å². The first-order valence-electron chi connectivity index (χ1n) is 10.6. The molecular formula is C24H25N3O5S. The molecular weight excluding hydrogens is 442 g/mol. The fraction of sp³-hybridized carbons (Fsp3) is 0.292. The lowest BCUT2D eigenvalue weighted by Crippen LogP contribution is -2.41. The molecule has 3 aromatic rings. The number of benzene rings is 2. The number of aromatic nitrogens is 1. The highest BCUT2D eigenvalue weighted by Gasteiger charge is 2.20. The molecule has 172 valence electrons. The number of amides is 2. The van der Waals surface area contributed by atoms with Gasteiger partial charge in [0.25, 0.3) is 11.8 Å². The van der Waals surface area contributed by atoms with Crippen LogP contribution in [0.25, 0.3) is 11.3 Å². The van der Waals surface area contributed by atoms with Crippen LogP contribution in [-0.4, -0.2) is 43.7 Å². The highest BCUT2D eigenvalue weighted by atomic mass is 32.1. The second kappa shape index (κ2) is 10.4. The van der Waals surface area contributed by atoms with Crippen LogP contribution >= 0.6 is 11.3 Å². The van der Waals surface area contributed by atoms with E-state index in [2.05, 4.69) is 15.6 Å². The molecule has 0 bridgehead atoms. The third-order valence-electron chi connectivity index (χ3n) is 5.37. The lowest BCUT2D eigenvalue weighted by Gasteiger charge is -2.26. The average Bonchev–Trinajstić information content (AvgIpc) is 3.28. The number of methoxy groups -OCH3 is 2. The normalized spacial score (nSPS) is 13.0. The molecule has 2 amide bonds. The van der Waals surface area contributed by atoms with Crippen molar-refractivity contribution >= 4 is 28.3 Å². The van der Waals surface area contributed by atoms with Gasteiger partial charge in [0.2, 0.25) is 0 Å². The van der Waals surface area contributed by atoms with Crippen LogP contribution in [0.5, 0.6) is 17.2 Å². The van der Waals surface area contributed by atoms with E-state index in [9.17, 15) is 9.59 Å². The summed E-state index contributed by atoms with van der Waals surface area (Å²) in [6, 6.07) is 12.6. The number of nitrogens with one attached hydrogen (secondary N) is 2. The van der Waals surface area contributed by atoms with Gasteiger partial charge in [-0.25, -0.2) is 4.98 Å². The maximum Gasteiger partial charge on any atom is 0.258 e. The Morgan fingerprint density at radius 3 is 2.52 bits per heavy atom.